The van der Waals surface area contributed by atoms with Crippen LogP contribution in [-0.2, 0) is 0 Å². The highest BCUT2D eigenvalue weighted by Gasteiger charge is 2.26. The van der Waals surface area contributed by atoms with Gasteiger partial charge in [0, 0.05) is 32.7 Å². The molecule has 8 nitrogen and oxygen atoms in total. The molecule has 1 N–H and O–H groups in total. The van der Waals surface area contributed by atoms with E-state index in [0.717, 1.165) is 37.5 Å². The van der Waals surface area contributed by atoms with Gasteiger partial charge in [-0.3, -0.25) is 24.9 Å². The summed E-state index contributed by atoms with van der Waals surface area (Å²) in [5.74, 6) is 0. The van der Waals surface area contributed by atoms with Crippen LogP contribution in [0.1, 0.15) is 28.6 Å². The number of rotatable bonds is 7. The Labute approximate surface area is 236 Å². The molecule has 2 aromatic carbocycles. The van der Waals surface area contributed by atoms with Gasteiger partial charge in [-0.1, -0.05) is 60.7 Å². The van der Waals surface area contributed by atoms with Crippen LogP contribution in [0.25, 0.3) is 0 Å². The summed E-state index contributed by atoms with van der Waals surface area (Å²) < 4.78 is 0.840. The van der Waals surface area contributed by atoms with Crippen molar-refractivity contribution >= 4 is 42.9 Å². The number of benzene rings is 2. The van der Waals surface area contributed by atoms with Crippen molar-refractivity contribution in [1.29, 1.82) is 0 Å². The summed E-state index contributed by atoms with van der Waals surface area (Å²) in [6.45, 7) is 8.12. The molecule has 11 heteroatoms. The number of aromatic nitrogens is 1. The van der Waals surface area contributed by atoms with Gasteiger partial charge in [0.15, 0.2) is 0 Å². The van der Waals surface area contributed by atoms with E-state index in [4.69, 9.17) is 0 Å². The van der Waals surface area contributed by atoms with Crippen molar-refractivity contribution < 1.29 is 10.1 Å². The Morgan fingerprint density at radius 1 is 0.919 bits per heavy atom. The van der Waals surface area contributed by atoms with E-state index in [1.807, 2.05) is 12.1 Å². The third-order valence-electron chi connectivity index (χ3n) is 6.47. The van der Waals surface area contributed by atoms with Crippen molar-refractivity contribution in [2.45, 2.75) is 19.9 Å². The monoisotopic (exact) mass is 569 g/mol. The van der Waals surface area contributed by atoms with Crippen LogP contribution in [0.3, 0.4) is 0 Å². The lowest BCUT2D eigenvalue weighted by Gasteiger charge is -2.39. The minimum atomic E-state index is -0.480. The van der Waals surface area contributed by atoms with Crippen LogP contribution in [0, 0.1) is 24.0 Å². The van der Waals surface area contributed by atoms with E-state index in [2.05, 4.69) is 63.3 Å². The molecule has 0 saturated carbocycles. The number of piperazine rings is 1. The zero-order valence-corrected chi connectivity index (χ0v) is 23.3. The molecule has 0 bridgehead atoms. The Balaban J connectivity index is 0.00000228. The highest BCUT2D eigenvalue weighted by Crippen LogP contribution is 2.29. The van der Waals surface area contributed by atoms with Crippen LogP contribution in [0.15, 0.2) is 71.7 Å². The summed E-state index contributed by atoms with van der Waals surface area (Å²) in [6, 6.07) is 23.0. The summed E-state index contributed by atoms with van der Waals surface area (Å²) in [6.07, 6.45) is 0. The first kappa shape index (κ1) is 32.4. The molecule has 1 saturated heterocycles. The molecule has 1 fully saturated rings. The summed E-state index contributed by atoms with van der Waals surface area (Å²) in [7, 11) is 0. The first-order chi connectivity index (χ1) is 16.5. The Kier molecular flexibility index (Phi) is 13.1. The fraction of sp³-hybridized carbons (Fsp3) is 0.346. The van der Waals surface area contributed by atoms with Crippen LogP contribution in [0.2, 0.25) is 0 Å². The Morgan fingerprint density at radius 3 is 1.92 bits per heavy atom. The first-order valence-corrected chi connectivity index (χ1v) is 11.6. The fourth-order valence-electron chi connectivity index (χ4n) is 4.67. The zero-order chi connectivity index (χ0) is 24.1. The van der Waals surface area contributed by atoms with Gasteiger partial charge in [0.2, 0.25) is 0 Å². The minimum absolute atomic E-state index is 0. The molecular weight excluding hydrogens is 537 g/mol. The average Bonchev–Trinajstić information content (AvgIpc) is 2.85. The number of hydrogen-bond acceptors (Lipinski definition) is 6. The predicted molar refractivity (Wildman–Crippen MR) is 153 cm³/mol. The van der Waals surface area contributed by atoms with Gasteiger partial charge in [-0.2, -0.15) is 4.73 Å². The Morgan fingerprint density at radius 2 is 1.43 bits per heavy atom. The van der Waals surface area contributed by atoms with E-state index in [1.54, 1.807) is 13.0 Å². The lowest BCUT2D eigenvalue weighted by molar-refractivity contribution is -0.387. The van der Waals surface area contributed by atoms with Crippen molar-refractivity contribution in [2.75, 3.05) is 39.3 Å². The number of nitrogens with zero attached hydrogens (tertiary/aromatic N) is 5. The highest BCUT2D eigenvalue weighted by atomic mass is 35.5. The van der Waals surface area contributed by atoms with E-state index >= 15 is 0 Å². The van der Waals surface area contributed by atoms with Crippen LogP contribution < -0.4 is 5.36 Å². The number of pyridine rings is 1. The summed E-state index contributed by atoms with van der Waals surface area (Å²) in [4.78, 5) is 20.4. The van der Waals surface area contributed by atoms with Gasteiger partial charge in [-0.15, -0.1) is 37.2 Å². The Bertz CT molecular complexity index is 1160. The van der Waals surface area contributed by atoms with Crippen molar-refractivity contribution in [2.24, 2.45) is 4.99 Å². The topological polar surface area (TPSA) is 87.1 Å². The SMILES string of the molecule is Cc1cc(=NCCN2CCN(C(c3ccccc3)c3ccccc3)CC2)c([N+](=O)[O-])c(C)n1O.Cl.Cl.Cl. The first-order valence-electron chi connectivity index (χ1n) is 11.6. The van der Waals surface area contributed by atoms with Crippen molar-refractivity contribution in [3.8, 4) is 0 Å². The van der Waals surface area contributed by atoms with Gasteiger partial charge in [0.1, 0.15) is 11.1 Å². The largest absolute Gasteiger partial charge is 0.428 e. The number of hydrogen-bond donors (Lipinski definition) is 1. The average molecular weight is 571 g/mol. The summed E-state index contributed by atoms with van der Waals surface area (Å²) >= 11 is 0. The number of aryl methyl sites for hydroxylation is 1. The molecule has 0 atom stereocenters. The van der Waals surface area contributed by atoms with Crippen LogP contribution >= 0.6 is 37.2 Å². The van der Waals surface area contributed by atoms with E-state index in [0.29, 0.717) is 17.6 Å². The van der Waals surface area contributed by atoms with Gasteiger partial charge in [0.25, 0.3) is 0 Å². The molecule has 202 valence electrons. The second kappa shape index (κ2) is 15.0. The molecule has 2 heterocycles. The molecule has 3 aromatic rings. The summed E-state index contributed by atoms with van der Waals surface area (Å²) in [5.41, 5.74) is 3.14. The van der Waals surface area contributed by atoms with Gasteiger partial charge in [-0.05, 0) is 31.0 Å². The molecule has 4 rings (SSSR count). The van der Waals surface area contributed by atoms with Crippen LogP contribution in [-0.4, -0.2) is 63.9 Å². The molecule has 0 radical (unpaired) electrons. The van der Waals surface area contributed by atoms with E-state index in [-0.39, 0.29) is 54.6 Å². The highest BCUT2D eigenvalue weighted by molar-refractivity contribution is 5.86. The quantitative estimate of drug-likeness (QED) is 0.250. The van der Waals surface area contributed by atoms with Gasteiger partial charge in [-0.25, -0.2) is 0 Å². The normalized spacial score (nSPS) is 14.4. The lowest BCUT2D eigenvalue weighted by atomic mass is 9.96. The van der Waals surface area contributed by atoms with Gasteiger partial charge >= 0.3 is 5.69 Å². The standard InChI is InChI=1S/C26H31N5O3.3ClH/c1-20-19-24(25(31(33)34)21(2)30(20)32)27-13-14-28-15-17-29(18-16-28)26(22-9-5-3-6-10-22)23-11-7-4-8-12-23;;;/h3-12,19,26,32H,13-18H2,1-2H3;3*1H. The van der Waals surface area contributed by atoms with Gasteiger partial charge in [0.05, 0.1) is 23.2 Å². The zero-order valence-electron chi connectivity index (χ0n) is 20.9. The molecule has 0 amide bonds. The second-order valence-corrected chi connectivity index (χ2v) is 8.66. The van der Waals surface area contributed by atoms with Crippen molar-refractivity contribution in [1.82, 2.24) is 14.5 Å². The molecule has 0 aliphatic carbocycles. The maximum atomic E-state index is 11.5. The molecule has 1 aliphatic heterocycles. The fourth-order valence-corrected chi connectivity index (χ4v) is 4.67. The minimum Gasteiger partial charge on any atom is -0.428 e. The second-order valence-electron chi connectivity index (χ2n) is 8.66. The maximum Gasteiger partial charge on any atom is 0.316 e. The van der Waals surface area contributed by atoms with Gasteiger partial charge < -0.3 is 5.21 Å². The molecule has 0 unspecified atom stereocenters. The Hall–Kier alpha value is -2.62. The van der Waals surface area contributed by atoms with E-state index < -0.39 is 4.92 Å². The predicted octanol–water partition coefficient (Wildman–Crippen LogP) is 4.82. The number of nitro groups is 1. The molecular formula is C26H34Cl3N5O3. The lowest BCUT2D eigenvalue weighted by Crippen LogP contribution is -2.48. The van der Waals surface area contributed by atoms with Crippen molar-refractivity contribution in [3.05, 3.63) is 105 Å². The van der Waals surface area contributed by atoms with Crippen LogP contribution in [0.4, 0.5) is 5.69 Å². The smallest absolute Gasteiger partial charge is 0.316 e. The van der Waals surface area contributed by atoms with Crippen LogP contribution in [0.5, 0.6) is 0 Å². The third-order valence-corrected chi connectivity index (χ3v) is 6.47. The van der Waals surface area contributed by atoms with E-state index in [1.165, 1.54) is 18.1 Å². The summed E-state index contributed by atoms with van der Waals surface area (Å²) in [5, 5.41) is 21.8. The maximum absolute atomic E-state index is 11.5. The van der Waals surface area contributed by atoms with Crippen molar-refractivity contribution in [3.63, 3.8) is 0 Å². The van der Waals surface area contributed by atoms with E-state index in [9.17, 15) is 15.3 Å². The molecule has 1 aliphatic rings. The molecule has 37 heavy (non-hydrogen) atoms. The third kappa shape index (κ3) is 7.69. The molecule has 1 aromatic heterocycles. The molecule has 0 spiro atoms. The number of halogens is 3.